The molecule has 98 valence electrons. The Balaban J connectivity index is 1.96. The lowest BCUT2D eigenvalue weighted by Crippen LogP contribution is -2.48. The van der Waals surface area contributed by atoms with Crippen LogP contribution in [0.25, 0.3) is 11.3 Å². The zero-order chi connectivity index (χ0) is 13.1. The van der Waals surface area contributed by atoms with Gasteiger partial charge in [0.2, 0.25) is 0 Å². The standard InChI is InChI=1S/C17H21N2/c1-19(12-5-2-6-13-19)16-9-7-8-15(14-16)17-10-3-4-11-18-17/h3-4,7-11,14H,2,5-6,12-13H2,1H3/q+1. The smallest absolute Gasteiger partial charge is 0.133 e. The molecule has 1 aromatic heterocycles. The lowest BCUT2D eigenvalue weighted by Gasteiger charge is -2.37. The van der Waals surface area contributed by atoms with E-state index >= 15 is 0 Å². The van der Waals surface area contributed by atoms with Crippen LogP contribution < -0.4 is 4.48 Å². The molecule has 1 aliphatic heterocycles. The monoisotopic (exact) mass is 253 g/mol. The van der Waals surface area contributed by atoms with Crippen LogP contribution in [-0.2, 0) is 0 Å². The maximum absolute atomic E-state index is 4.45. The molecule has 0 aliphatic carbocycles. The second-order valence-corrected chi connectivity index (χ2v) is 5.67. The zero-order valence-electron chi connectivity index (χ0n) is 11.5. The summed E-state index contributed by atoms with van der Waals surface area (Å²) in [6.07, 6.45) is 5.92. The van der Waals surface area contributed by atoms with E-state index in [-0.39, 0.29) is 0 Å². The van der Waals surface area contributed by atoms with Gasteiger partial charge in [-0.2, -0.15) is 0 Å². The van der Waals surface area contributed by atoms with E-state index in [1.165, 1.54) is 43.6 Å². The fraction of sp³-hybridized carbons (Fsp3) is 0.353. The summed E-state index contributed by atoms with van der Waals surface area (Å²) in [4.78, 5) is 4.45. The number of aromatic nitrogens is 1. The summed E-state index contributed by atoms with van der Waals surface area (Å²) in [7, 11) is 2.36. The van der Waals surface area contributed by atoms with Crippen molar-refractivity contribution in [2.45, 2.75) is 19.3 Å². The fourth-order valence-corrected chi connectivity index (χ4v) is 3.00. The molecule has 1 aliphatic rings. The zero-order valence-corrected chi connectivity index (χ0v) is 11.5. The average molecular weight is 253 g/mol. The van der Waals surface area contributed by atoms with Crippen LogP contribution in [0.1, 0.15) is 19.3 Å². The van der Waals surface area contributed by atoms with Gasteiger partial charge in [0, 0.05) is 17.8 Å². The summed E-state index contributed by atoms with van der Waals surface area (Å²) in [6.45, 7) is 2.51. The van der Waals surface area contributed by atoms with E-state index < -0.39 is 0 Å². The number of quaternary nitrogens is 1. The van der Waals surface area contributed by atoms with Crippen LogP contribution in [-0.4, -0.2) is 25.1 Å². The summed E-state index contributed by atoms with van der Waals surface area (Å²) in [5, 5.41) is 0. The van der Waals surface area contributed by atoms with Gasteiger partial charge in [-0.1, -0.05) is 18.2 Å². The molecule has 0 amide bonds. The predicted octanol–water partition coefficient (Wildman–Crippen LogP) is 3.87. The molecular formula is C17H21N2+. The van der Waals surface area contributed by atoms with Crippen molar-refractivity contribution in [2.24, 2.45) is 0 Å². The minimum Gasteiger partial charge on any atom is -0.294 e. The van der Waals surface area contributed by atoms with E-state index in [4.69, 9.17) is 0 Å². The second-order valence-electron chi connectivity index (χ2n) is 5.67. The van der Waals surface area contributed by atoms with Gasteiger partial charge in [-0.05, 0) is 37.5 Å². The minimum atomic E-state index is 1.06. The molecule has 0 atom stereocenters. The van der Waals surface area contributed by atoms with E-state index in [1.54, 1.807) is 0 Å². The van der Waals surface area contributed by atoms with Crippen LogP contribution in [0.3, 0.4) is 0 Å². The quantitative estimate of drug-likeness (QED) is 0.740. The van der Waals surface area contributed by atoms with Gasteiger partial charge in [-0.25, -0.2) is 0 Å². The Kier molecular flexibility index (Phi) is 3.34. The average Bonchev–Trinajstić information content (AvgIpc) is 2.49. The van der Waals surface area contributed by atoms with Gasteiger partial charge in [-0.15, -0.1) is 0 Å². The second kappa shape index (κ2) is 5.14. The molecule has 1 fully saturated rings. The molecule has 1 saturated heterocycles. The molecule has 1 aromatic carbocycles. The number of nitrogens with zero attached hydrogens (tertiary/aromatic N) is 2. The first-order valence-electron chi connectivity index (χ1n) is 7.15. The third-order valence-corrected chi connectivity index (χ3v) is 4.23. The molecule has 2 heterocycles. The molecule has 3 rings (SSSR count). The van der Waals surface area contributed by atoms with Crippen molar-refractivity contribution < 1.29 is 0 Å². The highest BCUT2D eigenvalue weighted by molar-refractivity contribution is 5.64. The molecule has 0 bridgehead atoms. The van der Waals surface area contributed by atoms with Crippen molar-refractivity contribution in [3.8, 4) is 11.3 Å². The maximum Gasteiger partial charge on any atom is 0.133 e. The number of benzene rings is 1. The van der Waals surface area contributed by atoms with Crippen molar-refractivity contribution in [1.29, 1.82) is 0 Å². The SMILES string of the molecule is C[N+]1(c2cccc(-c3ccccn3)c2)CCCCC1. The van der Waals surface area contributed by atoms with E-state index in [1.807, 2.05) is 18.3 Å². The topological polar surface area (TPSA) is 12.9 Å². The van der Waals surface area contributed by atoms with Crippen LogP contribution in [0.15, 0.2) is 48.7 Å². The maximum atomic E-state index is 4.45. The molecule has 0 N–H and O–H groups in total. The van der Waals surface area contributed by atoms with Gasteiger partial charge >= 0.3 is 0 Å². The third kappa shape index (κ3) is 2.54. The molecule has 2 aromatic rings. The molecular weight excluding hydrogens is 232 g/mol. The lowest BCUT2D eigenvalue weighted by atomic mass is 10.0. The molecule has 2 nitrogen and oxygen atoms in total. The van der Waals surface area contributed by atoms with Gasteiger partial charge in [0.05, 0.1) is 25.8 Å². The van der Waals surface area contributed by atoms with Gasteiger partial charge in [-0.3, -0.25) is 9.47 Å². The highest BCUT2D eigenvalue weighted by atomic mass is 15.3. The van der Waals surface area contributed by atoms with E-state index in [0.717, 1.165) is 10.2 Å². The summed E-state index contributed by atoms with van der Waals surface area (Å²) in [6, 6.07) is 15.0. The normalized spacial score (nSPS) is 18.2. The van der Waals surface area contributed by atoms with Crippen molar-refractivity contribution in [3.63, 3.8) is 0 Å². The Labute approximate surface area is 115 Å². The number of hydrogen-bond acceptors (Lipinski definition) is 1. The van der Waals surface area contributed by atoms with Gasteiger partial charge in [0.1, 0.15) is 5.69 Å². The Hall–Kier alpha value is -1.67. The number of likely N-dealkylation sites (tertiary alicyclic amines) is 1. The van der Waals surface area contributed by atoms with Crippen molar-refractivity contribution in [3.05, 3.63) is 48.7 Å². The first kappa shape index (κ1) is 12.4. The van der Waals surface area contributed by atoms with E-state index in [9.17, 15) is 0 Å². The molecule has 0 saturated carbocycles. The Bertz CT molecular complexity index is 542. The first-order chi connectivity index (χ1) is 9.28. The van der Waals surface area contributed by atoms with Gasteiger partial charge < -0.3 is 0 Å². The third-order valence-electron chi connectivity index (χ3n) is 4.23. The summed E-state index contributed by atoms with van der Waals surface area (Å²) in [5.41, 5.74) is 3.71. The van der Waals surface area contributed by atoms with Crippen molar-refractivity contribution in [2.75, 3.05) is 20.1 Å². The van der Waals surface area contributed by atoms with Crippen LogP contribution in [0.4, 0.5) is 5.69 Å². The summed E-state index contributed by atoms with van der Waals surface area (Å²) >= 11 is 0. The van der Waals surface area contributed by atoms with Crippen molar-refractivity contribution in [1.82, 2.24) is 9.47 Å². The number of rotatable bonds is 2. The lowest BCUT2D eigenvalue weighted by molar-refractivity contribution is 0.275. The molecule has 0 spiro atoms. The van der Waals surface area contributed by atoms with Gasteiger partial charge in [0.15, 0.2) is 0 Å². The number of piperidine rings is 1. The van der Waals surface area contributed by atoms with Crippen LogP contribution in [0, 0.1) is 0 Å². The number of hydrogen-bond donors (Lipinski definition) is 0. The minimum absolute atomic E-state index is 1.06. The first-order valence-corrected chi connectivity index (χ1v) is 7.15. The Morgan fingerprint density at radius 1 is 0.947 bits per heavy atom. The molecule has 19 heavy (non-hydrogen) atoms. The van der Waals surface area contributed by atoms with E-state index in [0.29, 0.717) is 0 Å². The largest absolute Gasteiger partial charge is 0.294 e. The fourth-order valence-electron chi connectivity index (χ4n) is 3.00. The highest BCUT2D eigenvalue weighted by Gasteiger charge is 2.27. The summed E-state index contributed by atoms with van der Waals surface area (Å²) < 4.78 is 1.07. The molecule has 0 unspecified atom stereocenters. The van der Waals surface area contributed by atoms with Crippen LogP contribution in [0.5, 0.6) is 0 Å². The Morgan fingerprint density at radius 2 is 1.79 bits per heavy atom. The van der Waals surface area contributed by atoms with Crippen LogP contribution >= 0.6 is 0 Å². The predicted molar refractivity (Wildman–Crippen MR) is 81.0 cm³/mol. The van der Waals surface area contributed by atoms with Crippen LogP contribution in [0.2, 0.25) is 0 Å². The molecule has 0 radical (unpaired) electrons. The summed E-state index contributed by atoms with van der Waals surface area (Å²) in [5.74, 6) is 0. The van der Waals surface area contributed by atoms with Crippen molar-refractivity contribution >= 4 is 5.69 Å². The highest BCUT2D eigenvalue weighted by Crippen LogP contribution is 2.29. The van der Waals surface area contributed by atoms with Gasteiger partial charge in [0.25, 0.3) is 0 Å². The Morgan fingerprint density at radius 3 is 2.53 bits per heavy atom. The molecule has 2 heteroatoms. The number of pyridine rings is 1. The van der Waals surface area contributed by atoms with E-state index in [2.05, 4.69) is 42.4 Å².